The molecule has 0 radical (unpaired) electrons. The van der Waals surface area contributed by atoms with E-state index in [2.05, 4.69) is 49.4 Å². The molecule has 168 valence electrons. The van der Waals surface area contributed by atoms with Crippen molar-refractivity contribution in [3.8, 4) is 11.3 Å². The van der Waals surface area contributed by atoms with Crippen molar-refractivity contribution in [2.75, 3.05) is 13.7 Å². The lowest BCUT2D eigenvalue weighted by molar-refractivity contribution is -0.135. The molecule has 1 aromatic heterocycles. The van der Waals surface area contributed by atoms with Gasteiger partial charge in [-0.25, -0.2) is 9.78 Å². The first-order chi connectivity index (χ1) is 15.4. The third-order valence-corrected chi connectivity index (χ3v) is 6.69. The number of alkyl carbamates (subject to hydrolysis) is 1. The molecule has 4 rings (SSSR count). The number of halogens is 1. The van der Waals surface area contributed by atoms with Crippen molar-refractivity contribution in [1.29, 1.82) is 0 Å². The molecule has 7 nitrogen and oxygen atoms in total. The molecule has 2 heterocycles. The zero-order chi connectivity index (χ0) is 22.8. The van der Waals surface area contributed by atoms with E-state index in [1.54, 1.807) is 0 Å². The van der Waals surface area contributed by atoms with Crippen LogP contribution in [0, 0.1) is 5.92 Å². The van der Waals surface area contributed by atoms with Crippen molar-refractivity contribution in [1.82, 2.24) is 20.2 Å². The number of benzene rings is 2. The van der Waals surface area contributed by atoms with Crippen molar-refractivity contribution < 1.29 is 14.3 Å². The minimum absolute atomic E-state index is 0.0656. The lowest BCUT2D eigenvalue weighted by atomic mass is 10.0. The second kappa shape index (κ2) is 9.32. The summed E-state index contributed by atoms with van der Waals surface area (Å²) in [5, 5.41) is 4.94. The Morgan fingerprint density at radius 3 is 2.72 bits per heavy atom. The summed E-state index contributed by atoms with van der Waals surface area (Å²) in [4.78, 5) is 35.0. The Balaban J connectivity index is 1.62. The molecule has 1 aliphatic rings. The molecule has 0 bridgehead atoms. The number of imidazole rings is 1. The minimum Gasteiger partial charge on any atom is -0.453 e. The van der Waals surface area contributed by atoms with Crippen LogP contribution in [0.4, 0.5) is 4.79 Å². The SMILES string of the molecule is COC(=O)NC(C(=O)N1CCCC1c1ncc(-c2cccc3c(Br)cccc23)[nH]1)C(C)C. The number of amides is 2. The number of nitrogens with one attached hydrogen (secondary N) is 2. The molecule has 0 spiro atoms. The van der Waals surface area contributed by atoms with E-state index in [-0.39, 0.29) is 17.9 Å². The highest BCUT2D eigenvalue weighted by Crippen LogP contribution is 2.35. The number of ether oxygens (including phenoxy) is 1. The minimum atomic E-state index is -0.645. The van der Waals surface area contributed by atoms with Crippen LogP contribution < -0.4 is 5.32 Å². The fourth-order valence-electron chi connectivity index (χ4n) is 4.34. The molecule has 3 aromatic rings. The second-order valence-corrected chi connectivity index (χ2v) is 9.22. The summed E-state index contributed by atoms with van der Waals surface area (Å²) in [5.74, 6) is 0.586. The predicted molar refractivity (Wildman–Crippen MR) is 127 cm³/mol. The quantitative estimate of drug-likeness (QED) is 0.515. The van der Waals surface area contributed by atoms with E-state index in [9.17, 15) is 9.59 Å². The molecule has 1 fully saturated rings. The Labute approximate surface area is 195 Å². The maximum absolute atomic E-state index is 13.3. The van der Waals surface area contributed by atoms with Crippen LogP contribution in [0.5, 0.6) is 0 Å². The highest BCUT2D eigenvalue weighted by Gasteiger charge is 2.37. The Kier molecular flexibility index (Phi) is 6.50. The molecular weight excluding hydrogens is 472 g/mol. The highest BCUT2D eigenvalue weighted by molar-refractivity contribution is 9.10. The highest BCUT2D eigenvalue weighted by atomic mass is 79.9. The molecule has 8 heteroatoms. The number of H-pyrrole nitrogens is 1. The van der Waals surface area contributed by atoms with Crippen LogP contribution in [0.3, 0.4) is 0 Å². The summed E-state index contributed by atoms with van der Waals surface area (Å²) in [5.41, 5.74) is 1.97. The van der Waals surface area contributed by atoms with Gasteiger partial charge in [0.15, 0.2) is 0 Å². The van der Waals surface area contributed by atoms with Gasteiger partial charge in [-0.15, -0.1) is 0 Å². The number of hydrogen-bond donors (Lipinski definition) is 2. The molecule has 1 saturated heterocycles. The van der Waals surface area contributed by atoms with Crippen molar-refractivity contribution in [2.24, 2.45) is 5.92 Å². The van der Waals surface area contributed by atoms with Gasteiger partial charge < -0.3 is 19.9 Å². The molecule has 2 aromatic carbocycles. The molecule has 32 heavy (non-hydrogen) atoms. The molecule has 0 aliphatic carbocycles. The normalized spacial score (nSPS) is 17.0. The van der Waals surface area contributed by atoms with Gasteiger partial charge in [-0.1, -0.05) is 60.1 Å². The van der Waals surface area contributed by atoms with Crippen LogP contribution in [0.25, 0.3) is 22.0 Å². The third kappa shape index (κ3) is 4.24. The van der Waals surface area contributed by atoms with Gasteiger partial charge in [-0.05, 0) is 35.6 Å². The van der Waals surface area contributed by atoms with Crippen molar-refractivity contribution in [3.05, 3.63) is 52.9 Å². The van der Waals surface area contributed by atoms with Crippen LogP contribution in [-0.2, 0) is 9.53 Å². The molecule has 2 N–H and O–H groups in total. The molecular formula is C24H27BrN4O3. The van der Waals surface area contributed by atoms with Gasteiger partial charge >= 0.3 is 6.09 Å². The van der Waals surface area contributed by atoms with Gasteiger partial charge in [0, 0.05) is 16.6 Å². The van der Waals surface area contributed by atoms with Gasteiger partial charge in [0.2, 0.25) is 5.91 Å². The summed E-state index contributed by atoms with van der Waals surface area (Å²) < 4.78 is 5.75. The molecule has 0 saturated carbocycles. The summed E-state index contributed by atoms with van der Waals surface area (Å²) in [7, 11) is 1.30. The number of aromatic amines is 1. The van der Waals surface area contributed by atoms with E-state index in [1.165, 1.54) is 7.11 Å². The van der Waals surface area contributed by atoms with Crippen molar-refractivity contribution >= 4 is 38.7 Å². The van der Waals surface area contributed by atoms with E-state index < -0.39 is 12.1 Å². The average Bonchev–Trinajstić information content (AvgIpc) is 3.46. The summed E-state index contributed by atoms with van der Waals surface area (Å²) in [6.07, 6.45) is 2.94. The first-order valence-electron chi connectivity index (χ1n) is 10.8. The molecule has 1 aliphatic heterocycles. The zero-order valence-corrected chi connectivity index (χ0v) is 20.0. The zero-order valence-electron chi connectivity index (χ0n) is 18.4. The van der Waals surface area contributed by atoms with Crippen molar-refractivity contribution in [2.45, 2.75) is 38.8 Å². The van der Waals surface area contributed by atoms with Crippen LogP contribution >= 0.6 is 15.9 Å². The fraction of sp³-hybridized carbons (Fsp3) is 0.375. The number of fused-ring (bicyclic) bond motifs is 1. The van der Waals surface area contributed by atoms with E-state index in [4.69, 9.17) is 4.74 Å². The van der Waals surface area contributed by atoms with E-state index in [0.29, 0.717) is 6.54 Å². The van der Waals surface area contributed by atoms with Gasteiger partial charge in [0.1, 0.15) is 11.9 Å². The first-order valence-corrected chi connectivity index (χ1v) is 11.6. The first kappa shape index (κ1) is 22.3. The fourth-order valence-corrected chi connectivity index (χ4v) is 4.84. The number of hydrogen-bond acceptors (Lipinski definition) is 4. The Hall–Kier alpha value is -2.87. The van der Waals surface area contributed by atoms with Crippen LogP contribution in [-0.4, -0.2) is 46.6 Å². The Morgan fingerprint density at radius 1 is 1.22 bits per heavy atom. The topological polar surface area (TPSA) is 87.3 Å². The smallest absolute Gasteiger partial charge is 0.407 e. The Morgan fingerprint density at radius 2 is 1.97 bits per heavy atom. The van der Waals surface area contributed by atoms with Gasteiger partial charge in [0.05, 0.1) is 25.0 Å². The summed E-state index contributed by atoms with van der Waals surface area (Å²) in [6, 6.07) is 11.5. The lowest BCUT2D eigenvalue weighted by Gasteiger charge is -2.30. The number of methoxy groups -OCH3 is 1. The van der Waals surface area contributed by atoms with E-state index >= 15 is 0 Å². The van der Waals surface area contributed by atoms with E-state index in [0.717, 1.165) is 45.2 Å². The third-order valence-electron chi connectivity index (χ3n) is 6.00. The van der Waals surface area contributed by atoms with Crippen molar-refractivity contribution in [3.63, 3.8) is 0 Å². The number of likely N-dealkylation sites (tertiary alicyclic amines) is 1. The largest absolute Gasteiger partial charge is 0.453 e. The van der Waals surface area contributed by atoms with E-state index in [1.807, 2.05) is 43.1 Å². The summed E-state index contributed by atoms with van der Waals surface area (Å²) in [6.45, 7) is 4.45. The maximum Gasteiger partial charge on any atom is 0.407 e. The monoisotopic (exact) mass is 498 g/mol. The van der Waals surface area contributed by atoms with Crippen LogP contribution in [0.2, 0.25) is 0 Å². The maximum atomic E-state index is 13.3. The lowest BCUT2D eigenvalue weighted by Crippen LogP contribution is -2.51. The molecule has 2 atom stereocenters. The van der Waals surface area contributed by atoms with Crippen LogP contribution in [0.1, 0.15) is 38.6 Å². The number of nitrogens with zero attached hydrogens (tertiary/aromatic N) is 2. The Bertz CT molecular complexity index is 1140. The standard InChI is InChI=1S/C24H27BrN4O3/c1-14(2)21(28-24(31)32-3)23(30)29-12-6-11-20(29)22-26-13-19(27-22)17-9-4-8-16-15(17)7-5-10-18(16)25/h4-5,7-10,13-14,20-21H,6,11-12H2,1-3H3,(H,26,27)(H,28,31). The summed E-state index contributed by atoms with van der Waals surface area (Å²) >= 11 is 3.62. The van der Waals surface area contributed by atoms with Gasteiger partial charge in [-0.3, -0.25) is 4.79 Å². The predicted octanol–water partition coefficient (Wildman–Crippen LogP) is 5.04. The second-order valence-electron chi connectivity index (χ2n) is 8.37. The molecule has 2 unspecified atom stereocenters. The number of rotatable bonds is 5. The van der Waals surface area contributed by atoms with Gasteiger partial charge in [0.25, 0.3) is 0 Å². The van der Waals surface area contributed by atoms with Crippen LogP contribution in [0.15, 0.2) is 47.1 Å². The number of carbonyl (C=O) groups is 2. The number of aromatic nitrogens is 2. The average molecular weight is 499 g/mol. The number of carbonyl (C=O) groups excluding carboxylic acids is 2. The molecule has 2 amide bonds. The van der Waals surface area contributed by atoms with Gasteiger partial charge in [-0.2, -0.15) is 0 Å².